The molecule has 0 saturated carbocycles. The van der Waals surface area contributed by atoms with Gasteiger partial charge in [-0.2, -0.15) is 5.09 Å². The van der Waals surface area contributed by atoms with E-state index < -0.39 is 25.3 Å². The second-order valence-corrected chi connectivity index (χ2v) is 12.9. The normalized spacial score (nSPS) is 15.2. The van der Waals surface area contributed by atoms with Crippen molar-refractivity contribution in [1.82, 2.24) is 24.6 Å². The van der Waals surface area contributed by atoms with Crippen LogP contribution in [-0.2, 0) is 35.5 Å². The van der Waals surface area contributed by atoms with Gasteiger partial charge in [-0.15, -0.1) is 0 Å². The van der Waals surface area contributed by atoms with Crippen molar-refractivity contribution in [3.8, 4) is 5.75 Å². The van der Waals surface area contributed by atoms with Gasteiger partial charge >= 0.3 is 13.7 Å². The Bertz CT molecular complexity index is 1610. The number of nitrogen functional groups attached to an aromatic ring is 1. The van der Waals surface area contributed by atoms with Gasteiger partial charge in [0.1, 0.15) is 29.7 Å². The molecule has 0 aliphatic heterocycles. The van der Waals surface area contributed by atoms with E-state index in [4.69, 9.17) is 29.2 Å². The Morgan fingerprint density at radius 3 is 2.52 bits per heavy atom. The minimum Gasteiger partial charge on any atom is -0.462 e. The molecular weight excluding hydrogens is 583 g/mol. The van der Waals surface area contributed by atoms with Crippen LogP contribution < -0.4 is 15.3 Å². The summed E-state index contributed by atoms with van der Waals surface area (Å²) in [7, 11) is -4.16. The number of imidazole rings is 1. The molecule has 0 radical (unpaired) electrons. The van der Waals surface area contributed by atoms with Crippen molar-refractivity contribution >= 4 is 41.5 Å². The van der Waals surface area contributed by atoms with Gasteiger partial charge in [0.15, 0.2) is 5.82 Å². The molecular formula is C31H43N6O6P. The van der Waals surface area contributed by atoms with Crippen molar-refractivity contribution in [2.24, 2.45) is 0 Å². The molecule has 13 heteroatoms. The standard InChI is InChI=1S/C31H43N6O6P/c1-7-9-16-31(6,20-41-44(39,43-23-14-17-33-18-15-23)36-22(5)30(38)42-21(3)4)37-26(19-40-8-2)35-27-28(37)24-12-10-11-13-25(24)34-29(27)32/h10-15,17-18,21-22H,7-9,16,19-20H2,1-6H3,(H2,32,34)(H,36,39)/t22-,31-,44+/m0/s1. The molecule has 0 unspecified atom stereocenters. The maximum atomic E-state index is 14.4. The molecule has 3 N–H and O–H groups in total. The largest absolute Gasteiger partial charge is 0.462 e. The molecule has 0 saturated heterocycles. The van der Waals surface area contributed by atoms with Crippen LogP contribution in [0.1, 0.15) is 66.6 Å². The number of para-hydroxylation sites is 1. The van der Waals surface area contributed by atoms with Gasteiger partial charge in [0.25, 0.3) is 0 Å². The van der Waals surface area contributed by atoms with Gasteiger partial charge in [-0.25, -0.2) is 14.5 Å². The molecule has 4 rings (SSSR count). The fraction of sp³-hybridized carbons (Fsp3) is 0.484. The van der Waals surface area contributed by atoms with Gasteiger partial charge in [0, 0.05) is 24.4 Å². The van der Waals surface area contributed by atoms with Crippen LogP contribution in [-0.4, -0.2) is 50.8 Å². The lowest BCUT2D eigenvalue weighted by Crippen LogP contribution is -2.40. The van der Waals surface area contributed by atoms with Crippen molar-refractivity contribution < 1.29 is 27.9 Å². The third-order valence-electron chi connectivity index (χ3n) is 7.11. The number of carbonyl (C=O) groups is 1. The number of carbonyl (C=O) groups excluding carboxylic acids is 1. The summed E-state index contributed by atoms with van der Waals surface area (Å²) in [6.45, 7) is 11.7. The summed E-state index contributed by atoms with van der Waals surface area (Å²) in [6, 6.07) is 9.89. The zero-order valence-electron chi connectivity index (χ0n) is 26.3. The van der Waals surface area contributed by atoms with Gasteiger partial charge < -0.3 is 24.3 Å². The van der Waals surface area contributed by atoms with Crippen LogP contribution in [0.2, 0.25) is 0 Å². The Kier molecular flexibility index (Phi) is 11.0. The fourth-order valence-electron chi connectivity index (χ4n) is 5.00. The highest BCUT2D eigenvalue weighted by Crippen LogP contribution is 2.47. The number of nitrogens with two attached hydrogens (primary N) is 1. The molecule has 0 aliphatic carbocycles. The molecule has 3 aromatic heterocycles. The predicted molar refractivity (Wildman–Crippen MR) is 170 cm³/mol. The van der Waals surface area contributed by atoms with E-state index in [-0.39, 0.29) is 25.1 Å². The second kappa shape index (κ2) is 14.5. The molecule has 3 atom stereocenters. The summed E-state index contributed by atoms with van der Waals surface area (Å²) in [5, 5.41) is 3.65. The van der Waals surface area contributed by atoms with Crippen molar-refractivity contribution in [2.75, 3.05) is 18.9 Å². The lowest BCUT2D eigenvalue weighted by molar-refractivity contribution is -0.149. The van der Waals surface area contributed by atoms with E-state index in [0.717, 1.165) is 29.3 Å². The van der Waals surface area contributed by atoms with Crippen molar-refractivity contribution in [2.45, 2.75) is 85.1 Å². The number of unbranched alkanes of at least 4 members (excludes halogenated alkanes) is 1. The first-order valence-electron chi connectivity index (χ1n) is 15.0. The first-order valence-corrected chi connectivity index (χ1v) is 16.5. The number of rotatable bonds is 16. The highest BCUT2D eigenvalue weighted by Gasteiger charge is 2.39. The van der Waals surface area contributed by atoms with E-state index in [9.17, 15) is 9.36 Å². The average molecular weight is 627 g/mol. The quantitative estimate of drug-likeness (QED) is 0.109. The van der Waals surface area contributed by atoms with Crippen LogP contribution in [0.5, 0.6) is 5.75 Å². The monoisotopic (exact) mass is 626 g/mol. The molecule has 0 bridgehead atoms. The number of pyridine rings is 2. The van der Waals surface area contributed by atoms with Gasteiger partial charge in [0.2, 0.25) is 0 Å². The Balaban J connectivity index is 1.81. The van der Waals surface area contributed by atoms with Gasteiger partial charge in [-0.1, -0.05) is 38.0 Å². The molecule has 3 heterocycles. The van der Waals surface area contributed by atoms with E-state index >= 15 is 0 Å². The molecule has 12 nitrogen and oxygen atoms in total. The summed E-state index contributed by atoms with van der Waals surface area (Å²) in [5.74, 6) is 0.635. The molecule has 4 aromatic rings. The van der Waals surface area contributed by atoms with E-state index in [0.29, 0.717) is 30.2 Å². The molecule has 1 aromatic carbocycles. The maximum Gasteiger partial charge on any atom is 0.459 e. The molecule has 0 aliphatic rings. The number of ether oxygens (including phenoxy) is 2. The lowest BCUT2D eigenvalue weighted by Gasteiger charge is -2.35. The van der Waals surface area contributed by atoms with E-state index in [2.05, 4.69) is 26.5 Å². The Morgan fingerprint density at radius 2 is 1.84 bits per heavy atom. The number of nitrogens with zero attached hydrogens (tertiary/aromatic N) is 4. The number of hydrogen-bond donors (Lipinski definition) is 2. The highest BCUT2D eigenvalue weighted by atomic mass is 31.2. The number of hydrogen-bond acceptors (Lipinski definition) is 10. The van der Waals surface area contributed by atoms with Crippen LogP contribution in [0.15, 0.2) is 48.8 Å². The van der Waals surface area contributed by atoms with Crippen molar-refractivity contribution in [1.29, 1.82) is 0 Å². The molecule has 44 heavy (non-hydrogen) atoms. The second-order valence-electron chi connectivity index (χ2n) is 11.2. The topological polar surface area (TPSA) is 153 Å². The van der Waals surface area contributed by atoms with Gasteiger partial charge in [-0.3, -0.25) is 14.3 Å². The van der Waals surface area contributed by atoms with Crippen LogP contribution in [0.4, 0.5) is 5.82 Å². The van der Waals surface area contributed by atoms with Crippen LogP contribution in [0, 0.1) is 0 Å². The summed E-state index contributed by atoms with van der Waals surface area (Å²) < 4.78 is 39.8. The number of esters is 1. The van der Waals surface area contributed by atoms with Gasteiger partial charge in [-0.05, 0) is 59.2 Å². The summed E-state index contributed by atoms with van der Waals surface area (Å²) in [6.07, 6.45) is 5.08. The lowest BCUT2D eigenvalue weighted by atomic mass is 9.94. The average Bonchev–Trinajstić information content (AvgIpc) is 3.39. The van der Waals surface area contributed by atoms with Crippen LogP contribution in [0.3, 0.4) is 0 Å². The van der Waals surface area contributed by atoms with Crippen LogP contribution >= 0.6 is 7.75 Å². The van der Waals surface area contributed by atoms with Gasteiger partial charge in [0.05, 0.1) is 29.3 Å². The summed E-state index contributed by atoms with van der Waals surface area (Å²) >= 11 is 0. The SMILES string of the molecule is CCCC[C@@](C)(CO[P@](=O)(N[C@@H](C)C(=O)OC(C)C)Oc1ccncc1)n1c(COCC)nc2c(N)nc3ccccc3c21. The minimum atomic E-state index is -4.16. The number of anilines is 1. The van der Waals surface area contributed by atoms with Crippen molar-refractivity contribution in [3.63, 3.8) is 0 Å². The number of benzene rings is 1. The Labute approximate surface area is 258 Å². The Morgan fingerprint density at radius 1 is 1.11 bits per heavy atom. The minimum absolute atomic E-state index is 0.0601. The molecule has 0 fully saturated rings. The Hall–Kier alpha value is -3.57. The maximum absolute atomic E-state index is 14.4. The molecule has 0 spiro atoms. The molecule has 238 valence electrons. The van der Waals surface area contributed by atoms with E-state index in [1.54, 1.807) is 32.9 Å². The smallest absolute Gasteiger partial charge is 0.459 e. The number of fused-ring (bicyclic) bond motifs is 3. The predicted octanol–water partition coefficient (Wildman–Crippen LogP) is 6.14. The molecule has 0 amide bonds. The first-order chi connectivity index (χ1) is 21.0. The fourth-order valence-corrected chi connectivity index (χ4v) is 6.61. The highest BCUT2D eigenvalue weighted by molar-refractivity contribution is 7.52. The third-order valence-corrected chi connectivity index (χ3v) is 8.74. The zero-order valence-corrected chi connectivity index (χ0v) is 27.2. The number of nitrogens with one attached hydrogen (secondary N) is 1. The van der Waals surface area contributed by atoms with E-state index in [1.807, 2.05) is 38.1 Å². The third kappa shape index (κ3) is 7.74. The van der Waals surface area contributed by atoms with Crippen molar-refractivity contribution in [3.05, 3.63) is 54.6 Å². The zero-order chi connectivity index (χ0) is 31.9. The van der Waals surface area contributed by atoms with Crippen LogP contribution in [0.25, 0.3) is 21.9 Å². The first kappa shape index (κ1) is 33.3. The van der Waals surface area contributed by atoms with E-state index in [1.165, 1.54) is 12.4 Å². The summed E-state index contributed by atoms with van der Waals surface area (Å²) in [4.78, 5) is 26.2. The summed E-state index contributed by atoms with van der Waals surface area (Å²) in [5.41, 5.74) is 7.72. The number of aromatic nitrogens is 4.